The van der Waals surface area contributed by atoms with E-state index in [0.717, 1.165) is 26.1 Å². The molecule has 0 bridgehead atoms. The first kappa shape index (κ1) is 17.6. The summed E-state index contributed by atoms with van der Waals surface area (Å²) in [5, 5.41) is 9.14. The van der Waals surface area contributed by atoms with Gasteiger partial charge in [0.1, 0.15) is 6.04 Å². The number of hydrogen-bond donors (Lipinski definition) is 2. The van der Waals surface area contributed by atoms with Gasteiger partial charge in [0.15, 0.2) is 11.5 Å². The van der Waals surface area contributed by atoms with Crippen molar-refractivity contribution < 1.29 is 19.4 Å². The third kappa shape index (κ3) is 4.84. The molecule has 0 saturated carbocycles. The van der Waals surface area contributed by atoms with Gasteiger partial charge in [-0.25, -0.2) is 0 Å². The minimum absolute atomic E-state index is 0.434. The van der Waals surface area contributed by atoms with Gasteiger partial charge in [-0.05, 0) is 38.4 Å². The van der Waals surface area contributed by atoms with Crippen LogP contribution in [0.1, 0.15) is 37.3 Å². The summed E-state index contributed by atoms with van der Waals surface area (Å²) in [4.78, 5) is 13.6. The second kappa shape index (κ2) is 8.74. The zero-order chi connectivity index (χ0) is 16.7. The lowest BCUT2D eigenvalue weighted by molar-refractivity contribution is -0.138. The van der Waals surface area contributed by atoms with Gasteiger partial charge in [-0.1, -0.05) is 18.6 Å². The summed E-state index contributed by atoms with van der Waals surface area (Å²) in [5.41, 5.74) is 6.18. The molecule has 1 aromatic carbocycles. The molecule has 128 valence electrons. The summed E-state index contributed by atoms with van der Waals surface area (Å²) in [6, 6.07) is 4.01. The number of piperidine rings is 1. The smallest absolute Gasteiger partial charge is 0.325 e. The molecule has 0 radical (unpaired) electrons. The van der Waals surface area contributed by atoms with Crippen molar-refractivity contribution in [2.75, 3.05) is 33.4 Å². The molecule has 0 spiro atoms. The second-order valence-corrected chi connectivity index (χ2v) is 5.80. The molecule has 6 heteroatoms. The maximum atomic E-state index is 11.2. The Labute approximate surface area is 137 Å². The molecule has 1 aromatic rings. The van der Waals surface area contributed by atoms with E-state index < -0.39 is 12.0 Å². The molecule has 1 aliphatic heterocycles. The molecule has 1 fully saturated rings. The zero-order valence-electron chi connectivity index (χ0n) is 13.7. The number of benzene rings is 1. The highest BCUT2D eigenvalue weighted by atomic mass is 16.5. The number of nitrogens with two attached hydrogens (primary N) is 1. The van der Waals surface area contributed by atoms with Crippen molar-refractivity contribution in [3.05, 3.63) is 23.8 Å². The van der Waals surface area contributed by atoms with Gasteiger partial charge in [-0.15, -0.1) is 0 Å². The van der Waals surface area contributed by atoms with Crippen molar-refractivity contribution in [1.29, 1.82) is 0 Å². The molecular formula is C17H26N2O4. The molecule has 1 aliphatic rings. The van der Waals surface area contributed by atoms with Gasteiger partial charge >= 0.3 is 5.97 Å². The predicted molar refractivity (Wildman–Crippen MR) is 88.0 cm³/mol. The van der Waals surface area contributed by atoms with Gasteiger partial charge in [-0.2, -0.15) is 0 Å². The standard InChI is InChI=1S/C17H26N2O4/c1-22-14-8-5-7-13(15(18)17(20)21)16(14)23-12-6-11-19-9-3-2-4-10-19/h5,7-8,15H,2-4,6,9-12,18H2,1H3,(H,20,21)/t15-/m0/s1. The van der Waals surface area contributed by atoms with Crippen molar-refractivity contribution in [3.63, 3.8) is 0 Å². The van der Waals surface area contributed by atoms with E-state index in [9.17, 15) is 4.79 Å². The lowest BCUT2D eigenvalue weighted by Gasteiger charge is -2.26. The number of ether oxygens (including phenoxy) is 2. The van der Waals surface area contributed by atoms with E-state index in [0.29, 0.717) is 23.7 Å². The Morgan fingerprint density at radius 1 is 1.35 bits per heavy atom. The summed E-state index contributed by atoms with van der Waals surface area (Å²) in [6.07, 6.45) is 4.75. The fourth-order valence-corrected chi connectivity index (χ4v) is 2.87. The first-order valence-corrected chi connectivity index (χ1v) is 8.14. The van der Waals surface area contributed by atoms with Crippen LogP contribution < -0.4 is 15.2 Å². The van der Waals surface area contributed by atoms with E-state index in [-0.39, 0.29) is 0 Å². The molecule has 0 aliphatic carbocycles. The van der Waals surface area contributed by atoms with E-state index in [1.54, 1.807) is 18.2 Å². The number of carboxylic acids is 1. The predicted octanol–water partition coefficient (Wildman–Crippen LogP) is 2.03. The average Bonchev–Trinajstić information content (AvgIpc) is 2.58. The van der Waals surface area contributed by atoms with Crippen LogP contribution >= 0.6 is 0 Å². The van der Waals surface area contributed by atoms with Gasteiger partial charge < -0.3 is 25.2 Å². The quantitative estimate of drug-likeness (QED) is 0.712. The number of aliphatic carboxylic acids is 1. The Hall–Kier alpha value is -1.79. The lowest BCUT2D eigenvalue weighted by Crippen LogP contribution is -2.31. The lowest BCUT2D eigenvalue weighted by atomic mass is 10.1. The zero-order valence-corrected chi connectivity index (χ0v) is 13.7. The van der Waals surface area contributed by atoms with Crippen LogP contribution in [0.3, 0.4) is 0 Å². The minimum atomic E-state index is -1.12. The molecule has 23 heavy (non-hydrogen) atoms. The summed E-state index contributed by atoms with van der Waals surface area (Å²) in [7, 11) is 1.53. The Balaban J connectivity index is 1.95. The highest BCUT2D eigenvalue weighted by Crippen LogP contribution is 2.34. The third-order valence-electron chi connectivity index (χ3n) is 4.14. The van der Waals surface area contributed by atoms with Crippen LogP contribution in [0.4, 0.5) is 0 Å². The number of rotatable bonds is 8. The monoisotopic (exact) mass is 322 g/mol. The van der Waals surface area contributed by atoms with Gasteiger partial charge in [0.05, 0.1) is 13.7 Å². The Bertz CT molecular complexity index is 515. The summed E-state index contributed by atoms with van der Waals surface area (Å²) in [6.45, 7) is 3.82. The average molecular weight is 322 g/mol. The third-order valence-corrected chi connectivity index (χ3v) is 4.14. The molecule has 2 rings (SSSR count). The Morgan fingerprint density at radius 2 is 2.09 bits per heavy atom. The summed E-state index contributed by atoms with van der Waals surface area (Å²) >= 11 is 0. The number of nitrogens with zero attached hydrogens (tertiary/aromatic N) is 1. The normalized spacial score (nSPS) is 16.8. The first-order valence-electron chi connectivity index (χ1n) is 8.14. The molecule has 1 heterocycles. The highest BCUT2D eigenvalue weighted by molar-refractivity contribution is 5.77. The molecular weight excluding hydrogens is 296 g/mol. The molecule has 6 nitrogen and oxygen atoms in total. The molecule has 3 N–H and O–H groups in total. The van der Waals surface area contributed by atoms with Crippen molar-refractivity contribution in [2.45, 2.75) is 31.7 Å². The van der Waals surface area contributed by atoms with Crippen molar-refractivity contribution in [3.8, 4) is 11.5 Å². The SMILES string of the molecule is COc1cccc([C@H](N)C(=O)O)c1OCCCN1CCCCC1. The van der Waals surface area contributed by atoms with E-state index in [1.165, 1.54) is 26.4 Å². The van der Waals surface area contributed by atoms with E-state index in [1.807, 2.05) is 0 Å². The first-order chi connectivity index (χ1) is 11.1. The van der Waals surface area contributed by atoms with Gasteiger partial charge in [0, 0.05) is 12.1 Å². The molecule has 0 amide bonds. The van der Waals surface area contributed by atoms with Crippen LogP contribution in [0.25, 0.3) is 0 Å². The minimum Gasteiger partial charge on any atom is -0.493 e. The van der Waals surface area contributed by atoms with Crippen LogP contribution in [0.15, 0.2) is 18.2 Å². The number of hydrogen-bond acceptors (Lipinski definition) is 5. The van der Waals surface area contributed by atoms with Gasteiger partial charge in [-0.3, -0.25) is 4.79 Å². The van der Waals surface area contributed by atoms with Crippen molar-refractivity contribution >= 4 is 5.97 Å². The van der Waals surface area contributed by atoms with Crippen LogP contribution in [0.5, 0.6) is 11.5 Å². The van der Waals surface area contributed by atoms with Gasteiger partial charge in [0.25, 0.3) is 0 Å². The van der Waals surface area contributed by atoms with Crippen molar-refractivity contribution in [2.24, 2.45) is 5.73 Å². The largest absolute Gasteiger partial charge is 0.493 e. The topological polar surface area (TPSA) is 85.0 Å². The van der Waals surface area contributed by atoms with Crippen LogP contribution in [0, 0.1) is 0 Å². The number of carbonyl (C=O) groups is 1. The fourth-order valence-electron chi connectivity index (χ4n) is 2.87. The fraction of sp³-hybridized carbons (Fsp3) is 0.588. The van der Waals surface area contributed by atoms with Gasteiger partial charge in [0.2, 0.25) is 0 Å². The maximum Gasteiger partial charge on any atom is 0.325 e. The second-order valence-electron chi connectivity index (χ2n) is 5.80. The summed E-state index contributed by atoms with van der Waals surface area (Å²) in [5.74, 6) is -0.142. The molecule has 1 saturated heterocycles. The maximum absolute atomic E-state index is 11.2. The van der Waals surface area contributed by atoms with E-state index in [2.05, 4.69) is 4.90 Å². The highest BCUT2D eigenvalue weighted by Gasteiger charge is 2.22. The summed E-state index contributed by atoms with van der Waals surface area (Å²) < 4.78 is 11.1. The van der Waals surface area contributed by atoms with Crippen LogP contribution in [-0.2, 0) is 4.79 Å². The number of likely N-dealkylation sites (tertiary alicyclic amines) is 1. The van der Waals surface area contributed by atoms with Crippen LogP contribution in [0.2, 0.25) is 0 Å². The number of para-hydroxylation sites is 1. The molecule has 0 aromatic heterocycles. The number of methoxy groups -OCH3 is 1. The van der Waals surface area contributed by atoms with Crippen molar-refractivity contribution in [1.82, 2.24) is 4.90 Å². The molecule has 0 unspecified atom stereocenters. The molecule has 1 atom stereocenters. The Kier molecular flexibility index (Phi) is 6.67. The van der Waals surface area contributed by atoms with E-state index >= 15 is 0 Å². The Morgan fingerprint density at radius 3 is 2.74 bits per heavy atom. The van der Waals surface area contributed by atoms with Crippen LogP contribution in [-0.4, -0.2) is 49.3 Å². The van der Waals surface area contributed by atoms with E-state index in [4.69, 9.17) is 20.3 Å². The number of carboxylic acid groups (broad SMARTS) is 1.